The van der Waals surface area contributed by atoms with Crippen LogP contribution >= 0.6 is 0 Å². The summed E-state index contributed by atoms with van der Waals surface area (Å²) in [6, 6.07) is 5.90. The number of piperidine rings is 1. The Morgan fingerprint density at radius 1 is 1.32 bits per heavy atom. The van der Waals surface area contributed by atoms with Gasteiger partial charge in [-0.15, -0.1) is 0 Å². The van der Waals surface area contributed by atoms with Crippen molar-refractivity contribution in [3.63, 3.8) is 0 Å². The number of aromatic nitrogens is 3. The van der Waals surface area contributed by atoms with Crippen molar-refractivity contribution in [2.75, 3.05) is 32.0 Å². The minimum Gasteiger partial charge on any atom is -0.324 e. The molecule has 0 radical (unpaired) electrons. The summed E-state index contributed by atoms with van der Waals surface area (Å²) in [7, 11) is 1.87. The van der Waals surface area contributed by atoms with Crippen molar-refractivity contribution in [2.24, 2.45) is 0 Å². The summed E-state index contributed by atoms with van der Waals surface area (Å²) >= 11 is 0. The van der Waals surface area contributed by atoms with Crippen LogP contribution in [0.1, 0.15) is 18.4 Å². The SMILES string of the molecule is Cc1ccc(NC(=O)N(C)C2CCN(CCn3cccn3)CC2)nc1. The molecule has 1 aliphatic rings. The van der Waals surface area contributed by atoms with Crippen LogP contribution < -0.4 is 5.32 Å². The van der Waals surface area contributed by atoms with E-state index >= 15 is 0 Å². The number of rotatable bonds is 5. The van der Waals surface area contributed by atoms with Gasteiger partial charge >= 0.3 is 6.03 Å². The normalized spacial score (nSPS) is 15.9. The smallest absolute Gasteiger partial charge is 0.323 e. The molecule has 1 fully saturated rings. The Balaban J connectivity index is 1.43. The van der Waals surface area contributed by atoms with Crippen LogP contribution in [0.4, 0.5) is 10.6 Å². The number of nitrogens with one attached hydrogen (secondary N) is 1. The predicted octanol–water partition coefficient (Wildman–Crippen LogP) is 2.21. The lowest BCUT2D eigenvalue weighted by Crippen LogP contribution is -2.47. The predicted molar refractivity (Wildman–Crippen MR) is 97.4 cm³/mol. The van der Waals surface area contributed by atoms with Gasteiger partial charge in [0.2, 0.25) is 0 Å². The molecular formula is C18H26N6O. The Labute approximate surface area is 148 Å². The molecule has 134 valence electrons. The van der Waals surface area contributed by atoms with Gasteiger partial charge in [0.25, 0.3) is 0 Å². The van der Waals surface area contributed by atoms with E-state index < -0.39 is 0 Å². The summed E-state index contributed by atoms with van der Waals surface area (Å²) in [5.41, 5.74) is 1.08. The number of hydrogen-bond acceptors (Lipinski definition) is 4. The van der Waals surface area contributed by atoms with Crippen LogP contribution in [-0.2, 0) is 6.54 Å². The zero-order chi connectivity index (χ0) is 17.6. The molecule has 1 aliphatic heterocycles. The fourth-order valence-corrected chi connectivity index (χ4v) is 3.11. The standard InChI is InChI=1S/C18H26N6O/c1-15-4-5-17(19-14-15)21-18(25)22(2)16-6-10-23(11-7-16)12-13-24-9-3-8-20-24/h3-5,8-9,14,16H,6-7,10-13H2,1-2H3,(H,19,21,25). The van der Waals surface area contributed by atoms with Gasteiger partial charge in [-0.3, -0.25) is 10.00 Å². The molecule has 1 saturated heterocycles. The highest BCUT2D eigenvalue weighted by molar-refractivity contribution is 5.88. The number of nitrogens with zero attached hydrogens (tertiary/aromatic N) is 5. The first-order chi connectivity index (χ1) is 12.1. The number of urea groups is 1. The molecule has 0 aliphatic carbocycles. The molecule has 2 aromatic rings. The number of carbonyl (C=O) groups excluding carboxylic acids is 1. The third kappa shape index (κ3) is 4.79. The minimum atomic E-state index is -0.0913. The second-order valence-corrected chi connectivity index (χ2v) is 6.60. The van der Waals surface area contributed by atoms with Crippen molar-refractivity contribution in [2.45, 2.75) is 32.4 Å². The minimum absolute atomic E-state index is 0.0913. The molecule has 0 spiro atoms. The Hall–Kier alpha value is -2.41. The fourth-order valence-electron chi connectivity index (χ4n) is 3.11. The summed E-state index contributed by atoms with van der Waals surface area (Å²) in [5, 5.41) is 7.11. The first-order valence-electron chi connectivity index (χ1n) is 8.78. The lowest BCUT2D eigenvalue weighted by atomic mass is 10.0. The monoisotopic (exact) mass is 342 g/mol. The van der Waals surface area contributed by atoms with Crippen molar-refractivity contribution < 1.29 is 4.79 Å². The molecule has 7 heteroatoms. The first kappa shape index (κ1) is 17.4. The maximum absolute atomic E-state index is 12.4. The number of hydrogen-bond donors (Lipinski definition) is 1. The average Bonchev–Trinajstić information content (AvgIpc) is 3.15. The van der Waals surface area contributed by atoms with Gasteiger partial charge in [0.05, 0.1) is 6.54 Å². The van der Waals surface area contributed by atoms with Crippen LogP contribution in [-0.4, -0.2) is 63.3 Å². The summed E-state index contributed by atoms with van der Waals surface area (Å²) in [5.74, 6) is 0.596. The van der Waals surface area contributed by atoms with E-state index in [1.807, 2.05) is 54.1 Å². The molecule has 0 aromatic carbocycles. The molecule has 0 unspecified atom stereocenters. The van der Waals surface area contributed by atoms with E-state index in [-0.39, 0.29) is 12.1 Å². The van der Waals surface area contributed by atoms with Crippen molar-refractivity contribution >= 4 is 11.8 Å². The number of aryl methyl sites for hydroxylation is 1. The van der Waals surface area contributed by atoms with E-state index in [0.717, 1.165) is 44.6 Å². The van der Waals surface area contributed by atoms with Gasteiger partial charge in [-0.25, -0.2) is 9.78 Å². The van der Waals surface area contributed by atoms with Crippen LogP contribution in [0.3, 0.4) is 0 Å². The summed E-state index contributed by atoms with van der Waals surface area (Å²) in [6.07, 6.45) is 7.54. The second-order valence-electron chi connectivity index (χ2n) is 6.60. The van der Waals surface area contributed by atoms with Crippen LogP contribution in [0.15, 0.2) is 36.8 Å². The molecule has 2 aromatic heterocycles. The van der Waals surface area contributed by atoms with E-state index in [2.05, 4.69) is 20.3 Å². The van der Waals surface area contributed by atoms with Gasteiger partial charge in [0, 0.05) is 51.3 Å². The second kappa shape index (κ2) is 8.11. The third-order valence-electron chi connectivity index (χ3n) is 4.78. The Bertz CT molecular complexity index is 661. The third-order valence-corrected chi connectivity index (χ3v) is 4.78. The highest BCUT2D eigenvalue weighted by Crippen LogP contribution is 2.16. The van der Waals surface area contributed by atoms with Crippen molar-refractivity contribution in [1.82, 2.24) is 24.6 Å². The lowest BCUT2D eigenvalue weighted by Gasteiger charge is -2.36. The quantitative estimate of drug-likeness (QED) is 0.905. The lowest BCUT2D eigenvalue weighted by molar-refractivity contribution is 0.138. The number of pyridine rings is 1. The van der Waals surface area contributed by atoms with E-state index in [0.29, 0.717) is 5.82 Å². The zero-order valence-corrected chi connectivity index (χ0v) is 14.9. The molecular weight excluding hydrogens is 316 g/mol. The van der Waals surface area contributed by atoms with E-state index in [1.54, 1.807) is 6.20 Å². The van der Waals surface area contributed by atoms with Crippen LogP contribution in [0.5, 0.6) is 0 Å². The average molecular weight is 342 g/mol. The summed E-state index contributed by atoms with van der Waals surface area (Å²) in [4.78, 5) is 20.9. The molecule has 0 atom stereocenters. The molecule has 3 heterocycles. The van der Waals surface area contributed by atoms with Crippen LogP contribution in [0.25, 0.3) is 0 Å². The van der Waals surface area contributed by atoms with Crippen molar-refractivity contribution in [3.05, 3.63) is 42.4 Å². The molecule has 0 saturated carbocycles. The van der Waals surface area contributed by atoms with Gasteiger partial charge in [-0.05, 0) is 37.5 Å². The largest absolute Gasteiger partial charge is 0.324 e. The Kier molecular flexibility index (Phi) is 5.65. The van der Waals surface area contributed by atoms with E-state index in [9.17, 15) is 4.79 Å². The van der Waals surface area contributed by atoms with Gasteiger partial charge in [0.1, 0.15) is 5.82 Å². The fraction of sp³-hybridized carbons (Fsp3) is 0.500. The van der Waals surface area contributed by atoms with E-state index in [4.69, 9.17) is 0 Å². The molecule has 3 rings (SSSR count). The van der Waals surface area contributed by atoms with Crippen molar-refractivity contribution in [3.8, 4) is 0 Å². The number of anilines is 1. The summed E-state index contributed by atoms with van der Waals surface area (Å²) in [6.45, 7) is 5.90. The van der Waals surface area contributed by atoms with Gasteiger partial charge in [-0.2, -0.15) is 5.10 Å². The Morgan fingerprint density at radius 2 is 2.12 bits per heavy atom. The molecule has 0 bridgehead atoms. The first-order valence-corrected chi connectivity index (χ1v) is 8.78. The maximum atomic E-state index is 12.4. The van der Waals surface area contributed by atoms with Gasteiger partial charge < -0.3 is 9.80 Å². The van der Waals surface area contributed by atoms with Gasteiger partial charge in [0.15, 0.2) is 0 Å². The van der Waals surface area contributed by atoms with Crippen molar-refractivity contribution in [1.29, 1.82) is 0 Å². The number of amides is 2. The topological polar surface area (TPSA) is 66.3 Å². The number of likely N-dealkylation sites (tertiary alicyclic amines) is 1. The summed E-state index contributed by atoms with van der Waals surface area (Å²) < 4.78 is 1.96. The van der Waals surface area contributed by atoms with Crippen LogP contribution in [0.2, 0.25) is 0 Å². The highest BCUT2D eigenvalue weighted by atomic mass is 16.2. The molecule has 7 nitrogen and oxygen atoms in total. The highest BCUT2D eigenvalue weighted by Gasteiger charge is 2.25. The number of carbonyl (C=O) groups is 1. The van der Waals surface area contributed by atoms with E-state index in [1.165, 1.54) is 0 Å². The maximum Gasteiger partial charge on any atom is 0.323 e. The molecule has 1 N–H and O–H groups in total. The zero-order valence-electron chi connectivity index (χ0n) is 14.9. The Morgan fingerprint density at radius 3 is 2.76 bits per heavy atom. The van der Waals surface area contributed by atoms with Gasteiger partial charge in [-0.1, -0.05) is 6.07 Å². The molecule has 25 heavy (non-hydrogen) atoms. The van der Waals surface area contributed by atoms with Crippen LogP contribution in [0, 0.1) is 6.92 Å². The molecule has 2 amide bonds.